The maximum absolute atomic E-state index is 9.29. The first-order chi connectivity index (χ1) is 13.6. The van der Waals surface area contributed by atoms with E-state index in [1.54, 1.807) is 24.7 Å². The molecule has 8 heteroatoms. The molecule has 2 atom stereocenters. The number of nitriles is 1. The quantitative estimate of drug-likeness (QED) is 0.487. The Morgan fingerprint density at radius 1 is 1.24 bits per heavy atom. The molecule has 6 nitrogen and oxygen atoms in total. The minimum absolute atomic E-state index is 0.0657. The minimum atomic E-state index is -1.88. The Balaban J connectivity index is 1.78. The van der Waals surface area contributed by atoms with Crippen LogP contribution in [0.2, 0.25) is 23.3 Å². The van der Waals surface area contributed by atoms with E-state index < -0.39 is 8.32 Å². The number of hydrogen-bond acceptors (Lipinski definition) is 6. The third-order valence-electron chi connectivity index (χ3n) is 5.93. The van der Waals surface area contributed by atoms with Crippen molar-refractivity contribution in [2.24, 2.45) is 0 Å². The highest BCUT2D eigenvalue weighted by Gasteiger charge is 2.43. The van der Waals surface area contributed by atoms with Gasteiger partial charge in [-0.1, -0.05) is 32.4 Å². The molecule has 1 fully saturated rings. The molecule has 2 aromatic rings. The topological polar surface area (TPSA) is 74.9 Å². The maximum Gasteiger partial charge on any atom is 0.225 e. The fourth-order valence-electron chi connectivity index (χ4n) is 3.30. The predicted octanol–water partition coefficient (Wildman–Crippen LogP) is 5.07. The number of aromatic nitrogens is 3. The van der Waals surface area contributed by atoms with E-state index in [9.17, 15) is 5.26 Å². The van der Waals surface area contributed by atoms with Gasteiger partial charge in [0.25, 0.3) is 0 Å². The SMILES string of the molecule is CC(C)(C)[Si](C)(C)OC1CC(CC#N)N(c2ncc(-c3ccnc(Cl)c3)cn2)C1. The summed E-state index contributed by atoms with van der Waals surface area (Å²) in [6.45, 7) is 12.0. The summed E-state index contributed by atoms with van der Waals surface area (Å²) in [5.74, 6) is 0.635. The van der Waals surface area contributed by atoms with Gasteiger partial charge in [0, 0.05) is 36.7 Å². The zero-order valence-corrected chi connectivity index (χ0v) is 19.4. The Labute approximate surface area is 179 Å². The van der Waals surface area contributed by atoms with Gasteiger partial charge < -0.3 is 9.33 Å². The van der Waals surface area contributed by atoms with Gasteiger partial charge in [0.2, 0.25) is 5.95 Å². The second kappa shape index (κ2) is 8.39. The highest BCUT2D eigenvalue weighted by molar-refractivity contribution is 6.74. The van der Waals surface area contributed by atoms with Gasteiger partial charge in [-0.15, -0.1) is 0 Å². The first-order valence-corrected chi connectivity index (χ1v) is 13.1. The standard InChI is InChI=1S/C21H28ClN5OSi/c1-21(2,3)29(4,5)28-18-11-17(6-8-23)27(14-18)20-25-12-16(13-26-20)15-7-9-24-19(22)10-15/h7,9-10,12-13,17-18H,6,11,14H2,1-5H3. The first kappa shape index (κ1) is 21.7. The van der Waals surface area contributed by atoms with Crippen molar-refractivity contribution in [2.75, 3.05) is 11.4 Å². The molecule has 0 bridgehead atoms. The van der Waals surface area contributed by atoms with Gasteiger partial charge >= 0.3 is 0 Å². The van der Waals surface area contributed by atoms with E-state index in [1.807, 2.05) is 6.07 Å². The molecular formula is C21H28ClN5OSi. The highest BCUT2D eigenvalue weighted by Crippen LogP contribution is 2.39. The molecule has 1 aliphatic heterocycles. The predicted molar refractivity (Wildman–Crippen MR) is 118 cm³/mol. The summed E-state index contributed by atoms with van der Waals surface area (Å²) in [7, 11) is -1.88. The lowest BCUT2D eigenvalue weighted by Crippen LogP contribution is -2.44. The molecule has 2 unspecified atom stereocenters. The van der Waals surface area contributed by atoms with Crippen LogP contribution in [0.3, 0.4) is 0 Å². The molecule has 0 radical (unpaired) electrons. The van der Waals surface area contributed by atoms with Crippen molar-refractivity contribution in [1.29, 1.82) is 5.26 Å². The van der Waals surface area contributed by atoms with Gasteiger partial charge in [0.05, 0.1) is 18.6 Å². The zero-order chi connectivity index (χ0) is 21.2. The van der Waals surface area contributed by atoms with Gasteiger partial charge in [0.15, 0.2) is 8.32 Å². The average Bonchev–Trinajstić information content (AvgIpc) is 3.03. The number of nitrogens with zero attached hydrogens (tertiary/aromatic N) is 5. The van der Waals surface area contributed by atoms with Crippen molar-refractivity contribution in [3.05, 3.63) is 35.9 Å². The molecule has 154 valence electrons. The van der Waals surface area contributed by atoms with E-state index in [0.29, 0.717) is 24.1 Å². The molecule has 0 aliphatic carbocycles. The van der Waals surface area contributed by atoms with Crippen LogP contribution in [-0.2, 0) is 4.43 Å². The highest BCUT2D eigenvalue weighted by atomic mass is 35.5. The van der Waals surface area contributed by atoms with Crippen molar-refractivity contribution in [3.8, 4) is 17.2 Å². The van der Waals surface area contributed by atoms with Crippen LogP contribution in [0.15, 0.2) is 30.7 Å². The van der Waals surface area contributed by atoms with Gasteiger partial charge in [-0.3, -0.25) is 0 Å². The average molecular weight is 430 g/mol. The maximum atomic E-state index is 9.29. The lowest BCUT2D eigenvalue weighted by atomic mass is 10.1. The Hall–Kier alpha value is -2.01. The smallest absolute Gasteiger partial charge is 0.225 e. The lowest BCUT2D eigenvalue weighted by molar-refractivity contribution is 0.198. The molecule has 3 rings (SSSR count). The fourth-order valence-corrected chi connectivity index (χ4v) is 4.83. The van der Waals surface area contributed by atoms with Crippen molar-refractivity contribution >= 4 is 25.9 Å². The molecule has 0 N–H and O–H groups in total. The van der Waals surface area contributed by atoms with E-state index in [0.717, 1.165) is 17.5 Å². The molecular weight excluding hydrogens is 402 g/mol. The molecule has 1 aliphatic rings. The zero-order valence-electron chi connectivity index (χ0n) is 17.7. The molecule has 0 spiro atoms. The Bertz CT molecular complexity index is 891. The van der Waals surface area contributed by atoms with Gasteiger partial charge in [-0.2, -0.15) is 5.26 Å². The van der Waals surface area contributed by atoms with Crippen LogP contribution in [0.4, 0.5) is 5.95 Å². The van der Waals surface area contributed by atoms with Gasteiger partial charge in [-0.05, 0) is 42.2 Å². The molecule has 0 amide bonds. The number of hydrogen-bond donors (Lipinski definition) is 0. The third kappa shape index (κ3) is 4.95. The largest absolute Gasteiger partial charge is 0.412 e. The second-order valence-corrected chi connectivity index (χ2v) is 14.2. The molecule has 0 saturated carbocycles. The van der Waals surface area contributed by atoms with Crippen LogP contribution < -0.4 is 4.90 Å². The van der Waals surface area contributed by atoms with Crippen molar-refractivity contribution in [2.45, 2.75) is 63.9 Å². The molecule has 0 aromatic carbocycles. The van der Waals surface area contributed by atoms with Gasteiger partial charge in [-0.25, -0.2) is 15.0 Å². The van der Waals surface area contributed by atoms with E-state index in [2.05, 4.69) is 59.8 Å². The minimum Gasteiger partial charge on any atom is -0.412 e. The second-order valence-electron chi connectivity index (χ2n) is 9.04. The fraction of sp³-hybridized carbons (Fsp3) is 0.524. The first-order valence-electron chi connectivity index (χ1n) is 9.86. The third-order valence-corrected chi connectivity index (χ3v) is 10.7. The van der Waals surface area contributed by atoms with Crippen LogP contribution in [-0.4, -0.2) is 42.0 Å². The van der Waals surface area contributed by atoms with Crippen molar-refractivity contribution in [1.82, 2.24) is 15.0 Å². The summed E-state index contributed by atoms with van der Waals surface area (Å²) >= 11 is 5.98. The summed E-state index contributed by atoms with van der Waals surface area (Å²) in [5, 5.41) is 9.87. The van der Waals surface area contributed by atoms with E-state index in [1.165, 1.54) is 0 Å². The summed E-state index contributed by atoms with van der Waals surface area (Å²) in [5.41, 5.74) is 1.80. The summed E-state index contributed by atoms with van der Waals surface area (Å²) < 4.78 is 6.61. The number of pyridine rings is 1. The monoisotopic (exact) mass is 429 g/mol. The molecule has 2 aromatic heterocycles. The molecule has 3 heterocycles. The summed E-state index contributed by atoms with van der Waals surface area (Å²) in [6.07, 6.45) is 6.60. The van der Waals surface area contributed by atoms with Crippen molar-refractivity contribution in [3.63, 3.8) is 0 Å². The van der Waals surface area contributed by atoms with E-state index >= 15 is 0 Å². The molecule has 29 heavy (non-hydrogen) atoms. The van der Waals surface area contributed by atoms with Crippen LogP contribution in [0, 0.1) is 11.3 Å². The van der Waals surface area contributed by atoms with Gasteiger partial charge in [0.1, 0.15) is 5.15 Å². The Morgan fingerprint density at radius 3 is 2.52 bits per heavy atom. The van der Waals surface area contributed by atoms with Crippen molar-refractivity contribution < 1.29 is 4.43 Å². The van der Waals surface area contributed by atoms with Crippen LogP contribution in [0.1, 0.15) is 33.6 Å². The van der Waals surface area contributed by atoms with Crippen LogP contribution in [0.25, 0.3) is 11.1 Å². The normalized spacial score (nSPS) is 20.0. The number of halogens is 1. The number of rotatable bonds is 5. The number of anilines is 1. The summed E-state index contributed by atoms with van der Waals surface area (Å²) in [6, 6.07) is 6.03. The van der Waals surface area contributed by atoms with E-state index in [4.69, 9.17) is 16.0 Å². The molecule has 1 saturated heterocycles. The lowest BCUT2D eigenvalue weighted by Gasteiger charge is -2.38. The van der Waals surface area contributed by atoms with E-state index in [-0.39, 0.29) is 17.2 Å². The summed E-state index contributed by atoms with van der Waals surface area (Å²) in [4.78, 5) is 15.3. The Kier molecular flexibility index (Phi) is 6.27. The van der Waals surface area contributed by atoms with Crippen LogP contribution in [0.5, 0.6) is 0 Å². The Morgan fingerprint density at radius 2 is 1.93 bits per heavy atom. The van der Waals surface area contributed by atoms with Crippen LogP contribution >= 0.6 is 11.6 Å².